The highest BCUT2D eigenvalue weighted by atomic mass is 35.5. The average Bonchev–Trinajstić information content (AvgIpc) is 2.70. The molecule has 0 aliphatic heterocycles. The van der Waals surface area contributed by atoms with Gasteiger partial charge < -0.3 is 10.1 Å². The Hall–Kier alpha value is -2.01. The molecular weight excluding hydrogens is 266 g/mol. The van der Waals surface area contributed by atoms with Gasteiger partial charge in [0, 0.05) is 7.05 Å². The normalized spacial score (nSPS) is 10.3. The Morgan fingerprint density at radius 2 is 2.21 bits per heavy atom. The van der Waals surface area contributed by atoms with E-state index in [2.05, 4.69) is 10.4 Å². The van der Waals surface area contributed by atoms with Crippen molar-refractivity contribution >= 4 is 23.2 Å². The number of aromatic nitrogens is 2. The summed E-state index contributed by atoms with van der Waals surface area (Å²) in [6, 6.07) is 5.54. The monoisotopic (exact) mass is 279 g/mol. The summed E-state index contributed by atoms with van der Waals surface area (Å²) in [6.07, 6.45) is 1.43. The number of ether oxygens (including phenoxy) is 1. The third kappa shape index (κ3) is 2.71. The molecule has 0 saturated heterocycles. The molecular formula is C13H14ClN3O2. The number of carbonyl (C=O) groups excluding carboxylic acids is 1. The van der Waals surface area contributed by atoms with Crippen LogP contribution in [0.5, 0.6) is 5.75 Å². The molecule has 100 valence electrons. The summed E-state index contributed by atoms with van der Waals surface area (Å²) in [4.78, 5) is 12.1. The lowest BCUT2D eigenvalue weighted by molar-refractivity contribution is 0.102. The van der Waals surface area contributed by atoms with E-state index in [-0.39, 0.29) is 5.91 Å². The zero-order valence-electron chi connectivity index (χ0n) is 10.9. The molecule has 5 nitrogen and oxygen atoms in total. The molecule has 0 bridgehead atoms. The van der Waals surface area contributed by atoms with E-state index in [0.29, 0.717) is 22.2 Å². The number of halogens is 1. The maximum absolute atomic E-state index is 12.1. The van der Waals surface area contributed by atoms with E-state index < -0.39 is 0 Å². The smallest absolute Gasteiger partial charge is 0.260 e. The second-order valence-corrected chi connectivity index (χ2v) is 4.49. The van der Waals surface area contributed by atoms with Crippen LogP contribution in [-0.4, -0.2) is 22.8 Å². The van der Waals surface area contributed by atoms with Gasteiger partial charge in [0.2, 0.25) is 0 Å². The lowest BCUT2D eigenvalue weighted by Gasteiger charge is -2.10. The maximum Gasteiger partial charge on any atom is 0.260 e. The molecule has 0 unspecified atom stereocenters. The van der Waals surface area contributed by atoms with Gasteiger partial charge in [-0.05, 0) is 24.6 Å². The minimum Gasteiger partial charge on any atom is -0.495 e. The van der Waals surface area contributed by atoms with Crippen molar-refractivity contribution in [2.75, 3.05) is 12.4 Å². The number of benzene rings is 1. The van der Waals surface area contributed by atoms with E-state index in [9.17, 15) is 4.79 Å². The first-order chi connectivity index (χ1) is 9.02. The highest BCUT2D eigenvalue weighted by Gasteiger charge is 2.16. The number of methoxy groups -OCH3 is 1. The number of aryl methyl sites for hydroxylation is 2. The van der Waals surface area contributed by atoms with Crippen molar-refractivity contribution in [3.05, 3.63) is 40.7 Å². The van der Waals surface area contributed by atoms with Gasteiger partial charge in [0.15, 0.2) is 0 Å². The molecule has 0 fully saturated rings. The highest BCUT2D eigenvalue weighted by Crippen LogP contribution is 2.26. The molecule has 0 spiro atoms. The van der Waals surface area contributed by atoms with Crippen LogP contribution in [0.2, 0.25) is 5.15 Å². The quantitative estimate of drug-likeness (QED) is 0.940. The van der Waals surface area contributed by atoms with Gasteiger partial charge in [-0.1, -0.05) is 17.7 Å². The standard InChI is InChI=1S/C13H14ClN3O2/c1-8-4-5-11(19-3)10(6-8)16-13(18)9-7-15-17(2)12(9)14/h4-7H,1-3H3,(H,16,18). The van der Waals surface area contributed by atoms with Gasteiger partial charge in [0.05, 0.1) is 24.6 Å². The molecule has 0 aliphatic rings. The summed E-state index contributed by atoms with van der Waals surface area (Å²) >= 11 is 5.98. The number of hydrogen-bond acceptors (Lipinski definition) is 3. The van der Waals surface area contributed by atoms with Crippen LogP contribution in [0.25, 0.3) is 0 Å². The van der Waals surface area contributed by atoms with Crippen LogP contribution < -0.4 is 10.1 Å². The van der Waals surface area contributed by atoms with E-state index in [4.69, 9.17) is 16.3 Å². The van der Waals surface area contributed by atoms with Crippen molar-refractivity contribution in [2.45, 2.75) is 6.92 Å². The second-order valence-electron chi connectivity index (χ2n) is 4.13. The SMILES string of the molecule is COc1ccc(C)cc1NC(=O)c1cnn(C)c1Cl. The lowest BCUT2D eigenvalue weighted by atomic mass is 10.2. The molecule has 0 radical (unpaired) electrons. The number of carbonyl (C=O) groups is 1. The van der Waals surface area contributed by atoms with Crippen LogP contribution in [0.15, 0.2) is 24.4 Å². The topological polar surface area (TPSA) is 56.1 Å². The summed E-state index contributed by atoms with van der Waals surface area (Å²) in [6.45, 7) is 1.94. The summed E-state index contributed by atoms with van der Waals surface area (Å²) in [7, 11) is 3.23. The zero-order valence-corrected chi connectivity index (χ0v) is 11.7. The third-order valence-corrected chi connectivity index (χ3v) is 3.16. The Kier molecular flexibility index (Phi) is 3.76. The molecule has 1 aromatic heterocycles. The molecule has 1 heterocycles. The van der Waals surface area contributed by atoms with E-state index in [0.717, 1.165) is 5.56 Å². The molecule has 1 N–H and O–H groups in total. The van der Waals surface area contributed by atoms with Gasteiger partial charge in [-0.25, -0.2) is 0 Å². The van der Waals surface area contributed by atoms with Crippen molar-refractivity contribution < 1.29 is 9.53 Å². The largest absolute Gasteiger partial charge is 0.495 e. The third-order valence-electron chi connectivity index (χ3n) is 2.71. The van der Waals surface area contributed by atoms with Crippen molar-refractivity contribution in [1.29, 1.82) is 0 Å². The van der Waals surface area contributed by atoms with Crippen molar-refractivity contribution in [1.82, 2.24) is 9.78 Å². The summed E-state index contributed by atoms with van der Waals surface area (Å²) in [5.41, 5.74) is 1.95. The van der Waals surface area contributed by atoms with Gasteiger partial charge in [0.1, 0.15) is 10.9 Å². The Labute approximate surface area is 116 Å². The molecule has 2 aromatic rings. The van der Waals surface area contributed by atoms with Gasteiger partial charge in [-0.3, -0.25) is 9.48 Å². The Balaban J connectivity index is 2.28. The van der Waals surface area contributed by atoms with Crippen LogP contribution in [-0.2, 0) is 7.05 Å². The van der Waals surface area contributed by atoms with Gasteiger partial charge in [0.25, 0.3) is 5.91 Å². The first-order valence-electron chi connectivity index (χ1n) is 5.66. The predicted octanol–water partition coefficient (Wildman–Crippen LogP) is 2.64. The van der Waals surface area contributed by atoms with Gasteiger partial charge >= 0.3 is 0 Å². The minimum absolute atomic E-state index is 0.295. The van der Waals surface area contributed by atoms with Crippen LogP contribution in [0, 0.1) is 6.92 Å². The van der Waals surface area contributed by atoms with Gasteiger partial charge in [-0.2, -0.15) is 5.10 Å². The minimum atomic E-state index is -0.318. The number of amides is 1. The van der Waals surface area contributed by atoms with E-state index in [1.165, 1.54) is 10.9 Å². The summed E-state index contributed by atoms with van der Waals surface area (Å²) in [5.74, 6) is 0.279. The van der Waals surface area contributed by atoms with Crippen molar-refractivity contribution in [3.63, 3.8) is 0 Å². The van der Waals surface area contributed by atoms with Crippen LogP contribution in [0.4, 0.5) is 5.69 Å². The van der Waals surface area contributed by atoms with Crippen LogP contribution >= 0.6 is 11.6 Å². The Bertz CT molecular complexity index is 622. The molecule has 0 aliphatic carbocycles. The molecule has 6 heteroatoms. The predicted molar refractivity (Wildman–Crippen MR) is 73.9 cm³/mol. The van der Waals surface area contributed by atoms with Crippen LogP contribution in [0.1, 0.15) is 15.9 Å². The summed E-state index contributed by atoms with van der Waals surface area (Å²) in [5, 5.41) is 7.00. The lowest BCUT2D eigenvalue weighted by Crippen LogP contribution is -2.12. The van der Waals surface area contributed by atoms with E-state index >= 15 is 0 Å². The molecule has 0 saturated carbocycles. The molecule has 1 amide bonds. The Morgan fingerprint density at radius 1 is 1.47 bits per heavy atom. The molecule has 2 rings (SSSR count). The molecule has 19 heavy (non-hydrogen) atoms. The fourth-order valence-electron chi connectivity index (χ4n) is 1.68. The highest BCUT2D eigenvalue weighted by molar-refractivity contribution is 6.33. The fraction of sp³-hybridized carbons (Fsp3) is 0.231. The Morgan fingerprint density at radius 3 is 2.79 bits per heavy atom. The zero-order chi connectivity index (χ0) is 14.0. The number of hydrogen-bond donors (Lipinski definition) is 1. The maximum atomic E-state index is 12.1. The average molecular weight is 280 g/mol. The molecule has 1 aromatic carbocycles. The number of nitrogens with one attached hydrogen (secondary N) is 1. The molecule has 0 atom stereocenters. The second kappa shape index (κ2) is 5.32. The fourth-order valence-corrected chi connectivity index (χ4v) is 1.86. The van der Waals surface area contributed by atoms with Crippen molar-refractivity contribution in [3.8, 4) is 5.75 Å². The number of rotatable bonds is 3. The first-order valence-corrected chi connectivity index (χ1v) is 6.04. The number of anilines is 1. The first kappa shape index (κ1) is 13.4. The van der Waals surface area contributed by atoms with Gasteiger partial charge in [-0.15, -0.1) is 0 Å². The summed E-state index contributed by atoms with van der Waals surface area (Å²) < 4.78 is 6.64. The number of nitrogens with zero attached hydrogens (tertiary/aromatic N) is 2. The van der Waals surface area contributed by atoms with Crippen molar-refractivity contribution in [2.24, 2.45) is 7.05 Å². The van der Waals surface area contributed by atoms with E-state index in [1.807, 2.05) is 19.1 Å². The van der Waals surface area contributed by atoms with Crippen LogP contribution in [0.3, 0.4) is 0 Å². The van der Waals surface area contributed by atoms with E-state index in [1.54, 1.807) is 20.2 Å².